The van der Waals surface area contributed by atoms with Crippen molar-refractivity contribution in [3.63, 3.8) is 0 Å². The zero-order valence-corrected chi connectivity index (χ0v) is 25.3. The number of alkyl halides is 3. The Morgan fingerprint density at radius 2 is 1.61 bits per heavy atom. The maximum Gasteiger partial charge on any atom is 0.471 e. The summed E-state index contributed by atoms with van der Waals surface area (Å²) in [6.07, 6.45) is -3.85. The predicted octanol–water partition coefficient (Wildman–Crippen LogP) is 8.99. The van der Waals surface area contributed by atoms with Crippen LogP contribution in [0.3, 0.4) is 0 Å². The van der Waals surface area contributed by atoms with Gasteiger partial charge >= 0.3 is 18.7 Å². The van der Waals surface area contributed by atoms with Crippen molar-refractivity contribution in [2.24, 2.45) is 0 Å². The quantitative estimate of drug-likeness (QED) is 0.0950. The Balaban J connectivity index is 2.45. The summed E-state index contributed by atoms with van der Waals surface area (Å²) >= 11 is 8.47. The molecule has 2 amide bonds. The van der Waals surface area contributed by atoms with Crippen molar-refractivity contribution in [1.29, 1.82) is 0 Å². The van der Waals surface area contributed by atoms with Crippen LogP contribution in [0.25, 0.3) is 0 Å². The van der Waals surface area contributed by atoms with Gasteiger partial charge in [-0.15, -0.1) is 0 Å². The molecule has 0 heterocycles. The van der Waals surface area contributed by atoms with E-state index in [-0.39, 0.29) is 13.1 Å². The van der Waals surface area contributed by atoms with E-state index in [0.29, 0.717) is 26.8 Å². The van der Waals surface area contributed by atoms with E-state index in [1.807, 2.05) is 25.1 Å². The number of halogens is 4. The number of hydrogen-bond donors (Lipinski definition) is 0. The van der Waals surface area contributed by atoms with E-state index in [1.54, 1.807) is 43.3 Å². The van der Waals surface area contributed by atoms with Crippen LogP contribution < -0.4 is 0 Å². The molecule has 14 heteroatoms. The first-order chi connectivity index (χ1) is 18.0. The number of carbonyl (C=O) groups is 2. The van der Waals surface area contributed by atoms with E-state index in [0.717, 1.165) is 47.3 Å². The molecule has 38 heavy (non-hydrogen) atoms. The SMILES string of the molecule is CCCCSP(=O)(N(CC)SN(Cc1ccccc1)C(=O)Sc1ccc(Cl)cc1)N(CC)C(=O)C(F)(F)F. The van der Waals surface area contributed by atoms with Crippen molar-refractivity contribution >= 4 is 64.7 Å². The lowest BCUT2D eigenvalue weighted by Gasteiger charge is -2.38. The molecule has 6 nitrogen and oxygen atoms in total. The highest BCUT2D eigenvalue weighted by atomic mass is 35.5. The number of hydrogen-bond acceptors (Lipinski definition) is 6. The maximum atomic E-state index is 14.4. The molecule has 0 aliphatic rings. The monoisotopic (exact) mass is 627 g/mol. The molecule has 2 rings (SSSR count). The normalized spacial score (nSPS) is 13.3. The van der Waals surface area contributed by atoms with Crippen molar-refractivity contribution in [2.45, 2.75) is 51.2 Å². The third-order valence-corrected chi connectivity index (χ3v) is 13.8. The molecule has 1 unspecified atom stereocenters. The summed E-state index contributed by atoms with van der Waals surface area (Å²) in [5.41, 5.74) is 0.772. The zero-order chi connectivity index (χ0) is 28.3. The molecule has 0 fully saturated rings. The fourth-order valence-electron chi connectivity index (χ4n) is 3.09. The summed E-state index contributed by atoms with van der Waals surface area (Å²) in [7, 11) is 0. The first-order valence-corrected chi connectivity index (χ1v) is 17.0. The van der Waals surface area contributed by atoms with Gasteiger partial charge in [0, 0.05) is 28.8 Å². The van der Waals surface area contributed by atoms with Crippen molar-refractivity contribution in [3.8, 4) is 0 Å². The summed E-state index contributed by atoms with van der Waals surface area (Å²) in [6, 6.07) is 15.7. The highest BCUT2D eigenvalue weighted by molar-refractivity contribution is 8.57. The van der Waals surface area contributed by atoms with Gasteiger partial charge in [0.2, 0.25) is 0 Å². The third-order valence-electron chi connectivity index (χ3n) is 4.98. The van der Waals surface area contributed by atoms with Crippen molar-refractivity contribution in [3.05, 3.63) is 65.2 Å². The van der Waals surface area contributed by atoms with Gasteiger partial charge in [0.05, 0.1) is 18.7 Å². The van der Waals surface area contributed by atoms with Gasteiger partial charge in [-0.05, 0) is 54.9 Å². The lowest BCUT2D eigenvalue weighted by atomic mass is 10.2. The Morgan fingerprint density at radius 3 is 2.13 bits per heavy atom. The standard InChI is InChI=1S/C24H30ClF3N3O3PS3/c1-4-7-17-36-35(34,29(5-2)22(32)24(26,27)28)31(6-3)38-30(18-19-11-9-8-10-12-19)23(33)37-21-15-13-20(25)14-16-21/h8-16H,4-7,17-18H2,1-3H3. The van der Waals surface area contributed by atoms with Crippen LogP contribution in [-0.2, 0) is 15.9 Å². The van der Waals surface area contributed by atoms with Gasteiger partial charge in [0.15, 0.2) is 0 Å². The highest BCUT2D eigenvalue weighted by Crippen LogP contribution is 2.67. The molecule has 0 aliphatic heterocycles. The average Bonchev–Trinajstić information content (AvgIpc) is 2.88. The molecule has 2 aromatic rings. The largest absolute Gasteiger partial charge is 0.471 e. The minimum Gasteiger partial charge on any atom is -0.269 e. The number of nitrogens with zero attached hydrogens (tertiary/aromatic N) is 3. The summed E-state index contributed by atoms with van der Waals surface area (Å²) in [5, 5.41) is 0.0865. The number of thioether (sulfide) groups is 1. The molecule has 0 bridgehead atoms. The van der Waals surface area contributed by atoms with Gasteiger partial charge in [-0.1, -0.05) is 73.6 Å². The van der Waals surface area contributed by atoms with Gasteiger partial charge in [0.1, 0.15) is 0 Å². The molecule has 210 valence electrons. The lowest BCUT2D eigenvalue weighted by molar-refractivity contribution is -0.180. The van der Waals surface area contributed by atoms with Crippen molar-refractivity contribution in [1.82, 2.24) is 13.1 Å². The molecular formula is C24H30ClF3N3O3PS3. The summed E-state index contributed by atoms with van der Waals surface area (Å²) < 4.78 is 57.8. The van der Waals surface area contributed by atoms with E-state index in [9.17, 15) is 27.3 Å². The van der Waals surface area contributed by atoms with Crippen LogP contribution in [-0.4, -0.2) is 49.2 Å². The molecule has 2 aromatic carbocycles. The van der Waals surface area contributed by atoms with Gasteiger partial charge in [0.25, 0.3) is 5.24 Å². The fraction of sp³-hybridized carbons (Fsp3) is 0.417. The number of rotatable bonds is 13. The van der Waals surface area contributed by atoms with Crippen LogP contribution in [0.1, 0.15) is 39.2 Å². The number of carbonyl (C=O) groups excluding carboxylic acids is 2. The predicted molar refractivity (Wildman–Crippen MR) is 153 cm³/mol. The van der Waals surface area contributed by atoms with E-state index >= 15 is 0 Å². The second-order valence-corrected chi connectivity index (χ2v) is 15.4. The van der Waals surface area contributed by atoms with Crippen LogP contribution in [0.4, 0.5) is 18.0 Å². The Bertz CT molecular complexity index is 1100. The van der Waals surface area contributed by atoms with Gasteiger partial charge in [-0.3, -0.25) is 23.1 Å². The molecule has 0 radical (unpaired) electrons. The first-order valence-electron chi connectivity index (χ1n) is 11.8. The summed E-state index contributed by atoms with van der Waals surface area (Å²) in [4.78, 5) is 26.4. The Morgan fingerprint density at radius 1 is 0.974 bits per heavy atom. The van der Waals surface area contributed by atoms with Crippen LogP contribution >= 0.6 is 53.5 Å². The second kappa shape index (κ2) is 15.5. The van der Waals surface area contributed by atoms with Crippen LogP contribution in [0.15, 0.2) is 59.5 Å². The Hall–Kier alpha value is -1.30. The Labute approximate surface area is 239 Å². The first kappa shape index (κ1) is 32.9. The average molecular weight is 628 g/mol. The van der Waals surface area contributed by atoms with Crippen LogP contribution in [0.5, 0.6) is 0 Å². The van der Waals surface area contributed by atoms with Crippen LogP contribution in [0, 0.1) is 0 Å². The molecule has 0 saturated heterocycles. The van der Waals surface area contributed by atoms with Gasteiger partial charge < -0.3 is 0 Å². The third kappa shape index (κ3) is 9.41. The summed E-state index contributed by atoms with van der Waals surface area (Å²) in [6.45, 7) is 0.456. The fourth-order valence-corrected chi connectivity index (χ4v) is 11.3. The van der Waals surface area contributed by atoms with Gasteiger partial charge in [-0.25, -0.2) is 0 Å². The molecule has 0 N–H and O–H groups in total. The zero-order valence-electron chi connectivity index (χ0n) is 21.2. The summed E-state index contributed by atoms with van der Waals surface area (Å²) in [5.74, 6) is -1.87. The second-order valence-electron chi connectivity index (χ2n) is 7.79. The molecule has 1 atom stereocenters. The molecule has 0 aromatic heterocycles. The highest BCUT2D eigenvalue weighted by Gasteiger charge is 2.51. The minimum absolute atomic E-state index is 0.0207. The molecule has 0 saturated carbocycles. The van der Waals surface area contributed by atoms with E-state index in [1.165, 1.54) is 15.3 Å². The molecule has 0 aliphatic carbocycles. The Kier molecular flexibility index (Phi) is 13.4. The minimum atomic E-state index is -5.19. The molecular weight excluding hydrogens is 598 g/mol. The molecule has 0 spiro atoms. The number of benzene rings is 2. The maximum absolute atomic E-state index is 14.4. The lowest BCUT2D eigenvalue weighted by Crippen LogP contribution is -2.41. The van der Waals surface area contributed by atoms with Crippen LogP contribution in [0.2, 0.25) is 5.02 Å². The van der Waals surface area contributed by atoms with E-state index < -0.39 is 30.5 Å². The van der Waals surface area contributed by atoms with Gasteiger partial charge in [-0.2, -0.15) is 17.2 Å². The van der Waals surface area contributed by atoms with Crippen molar-refractivity contribution in [2.75, 3.05) is 18.8 Å². The smallest absolute Gasteiger partial charge is 0.269 e. The topological polar surface area (TPSA) is 60.9 Å². The van der Waals surface area contributed by atoms with E-state index in [4.69, 9.17) is 11.6 Å². The van der Waals surface area contributed by atoms with E-state index in [2.05, 4.69) is 0 Å². The van der Waals surface area contributed by atoms with Crippen molar-refractivity contribution < 1.29 is 27.3 Å². The number of unbranched alkanes of at least 4 members (excludes halogenated alkanes) is 1. The number of amides is 2.